The molecule has 4 heteroatoms. The fourth-order valence-corrected chi connectivity index (χ4v) is 3.43. The number of ether oxygens (including phenoxy) is 1. The van der Waals surface area contributed by atoms with Gasteiger partial charge < -0.3 is 9.64 Å². The van der Waals surface area contributed by atoms with E-state index in [-0.39, 0.29) is 11.9 Å². The predicted octanol–water partition coefficient (Wildman–Crippen LogP) is 4.09. The number of carbonyl (C=O) groups is 2. The van der Waals surface area contributed by atoms with Crippen molar-refractivity contribution in [1.82, 2.24) is 4.90 Å². The van der Waals surface area contributed by atoms with Gasteiger partial charge in [0.1, 0.15) is 0 Å². The Balaban J connectivity index is 1.59. The van der Waals surface area contributed by atoms with Crippen LogP contribution in [0.5, 0.6) is 0 Å². The van der Waals surface area contributed by atoms with Crippen molar-refractivity contribution in [2.45, 2.75) is 12.1 Å². The number of methoxy groups -OCH3 is 1. The van der Waals surface area contributed by atoms with Gasteiger partial charge in [-0.3, -0.25) is 4.79 Å². The number of rotatable bonds is 4. The molecular weight excluding hydrogens is 338 g/mol. The molecule has 3 aromatic carbocycles. The van der Waals surface area contributed by atoms with Gasteiger partial charge in [-0.2, -0.15) is 0 Å². The van der Waals surface area contributed by atoms with Crippen LogP contribution in [0.15, 0.2) is 84.9 Å². The molecule has 0 N–H and O–H groups in total. The molecule has 0 spiro atoms. The molecule has 0 bridgehead atoms. The van der Waals surface area contributed by atoms with E-state index in [0.717, 1.165) is 16.7 Å². The molecular formula is C23H19NO3. The summed E-state index contributed by atoms with van der Waals surface area (Å²) in [4.78, 5) is 26.7. The van der Waals surface area contributed by atoms with E-state index in [0.29, 0.717) is 5.56 Å². The summed E-state index contributed by atoms with van der Waals surface area (Å²) in [6.45, 7) is 0. The van der Waals surface area contributed by atoms with E-state index >= 15 is 0 Å². The molecule has 0 aromatic heterocycles. The molecule has 4 rings (SSSR count). The molecule has 4 nitrogen and oxygen atoms in total. The Kier molecular flexibility index (Phi) is 4.47. The van der Waals surface area contributed by atoms with Crippen LogP contribution in [0.3, 0.4) is 0 Å². The van der Waals surface area contributed by atoms with Crippen molar-refractivity contribution in [3.63, 3.8) is 0 Å². The topological polar surface area (TPSA) is 46.4 Å². The molecule has 1 aliphatic rings. The van der Waals surface area contributed by atoms with Crippen LogP contribution in [0, 0.1) is 0 Å². The number of esters is 1. The number of nitrogens with zero attached hydrogens (tertiary/aromatic N) is 1. The maximum Gasteiger partial charge on any atom is 0.331 e. The monoisotopic (exact) mass is 357 g/mol. The smallest absolute Gasteiger partial charge is 0.331 e. The van der Waals surface area contributed by atoms with Crippen molar-refractivity contribution in [2.24, 2.45) is 0 Å². The molecule has 0 saturated carbocycles. The van der Waals surface area contributed by atoms with Crippen LogP contribution >= 0.6 is 0 Å². The lowest BCUT2D eigenvalue weighted by Gasteiger charge is -2.07. The summed E-state index contributed by atoms with van der Waals surface area (Å²) >= 11 is 0. The zero-order valence-corrected chi connectivity index (χ0v) is 14.9. The van der Waals surface area contributed by atoms with E-state index in [4.69, 9.17) is 4.74 Å². The molecule has 27 heavy (non-hydrogen) atoms. The van der Waals surface area contributed by atoms with Gasteiger partial charge in [0.15, 0.2) is 6.04 Å². The second kappa shape index (κ2) is 7.08. The van der Waals surface area contributed by atoms with E-state index in [9.17, 15) is 9.59 Å². The van der Waals surface area contributed by atoms with Crippen LogP contribution in [0.25, 0.3) is 11.1 Å². The second-order valence-corrected chi connectivity index (χ2v) is 6.48. The zero-order chi connectivity index (χ0) is 18.8. The van der Waals surface area contributed by atoms with Crippen molar-refractivity contribution in [2.75, 3.05) is 7.11 Å². The molecule has 0 unspecified atom stereocenters. The summed E-state index contributed by atoms with van der Waals surface area (Å²) in [5, 5.41) is 0. The third kappa shape index (κ3) is 3.22. The first kappa shape index (κ1) is 17.0. The van der Waals surface area contributed by atoms with Crippen LogP contribution in [0.2, 0.25) is 0 Å². The van der Waals surface area contributed by atoms with Gasteiger partial charge in [0.2, 0.25) is 0 Å². The predicted molar refractivity (Wildman–Crippen MR) is 103 cm³/mol. The molecule has 1 amide bonds. The van der Waals surface area contributed by atoms with Gasteiger partial charge in [-0.25, -0.2) is 4.79 Å². The lowest BCUT2D eigenvalue weighted by Crippen LogP contribution is -2.19. The number of carbonyl (C=O) groups excluding carboxylic acids is 2. The lowest BCUT2D eigenvalue weighted by molar-refractivity contribution is -0.140. The third-order valence-corrected chi connectivity index (χ3v) is 4.87. The van der Waals surface area contributed by atoms with Crippen molar-refractivity contribution in [1.29, 1.82) is 0 Å². The first-order valence-electron chi connectivity index (χ1n) is 8.81. The molecule has 3 aromatic rings. The highest BCUT2D eigenvalue weighted by molar-refractivity contribution is 6.01. The standard InChI is InChI=1S/C23H19NO3/c1-27-23(26)21-20(18-10-6-3-7-11-18)24(21)22(25)19-14-12-17(13-15-19)16-8-4-2-5-9-16/h2-15,20-21H,1H3/t20-,21+,24?/m0/s1. The van der Waals surface area contributed by atoms with Crippen LogP contribution < -0.4 is 0 Å². The van der Waals surface area contributed by atoms with Gasteiger partial charge in [0.05, 0.1) is 13.2 Å². The fraction of sp³-hybridized carbons (Fsp3) is 0.130. The normalized spacial score (nSPS) is 18.0. The van der Waals surface area contributed by atoms with E-state index < -0.39 is 12.0 Å². The first-order chi connectivity index (χ1) is 13.2. The van der Waals surface area contributed by atoms with Crippen molar-refractivity contribution in [3.05, 3.63) is 96.1 Å². The van der Waals surface area contributed by atoms with Crippen LogP contribution in [0.4, 0.5) is 0 Å². The average molecular weight is 357 g/mol. The minimum Gasteiger partial charge on any atom is -0.467 e. The van der Waals surface area contributed by atoms with Gasteiger partial charge in [0.25, 0.3) is 5.91 Å². The van der Waals surface area contributed by atoms with E-state index in [2.05, 4.69) is 0 Å². The Bertz CT molecular complexity index is 952. The van der Waals surface area contributed by atoms with Gasteiger partial charge >= 0.3 is 5.97 Å². The fourth-order valence-electron chi connectivity index (χ4n) is 3.43. The molecule has 0 radical (unpaired) electrons. The lowest BCUT2D eigenvalue weighted by atomic mass is 10.0. The minimum atomic E-state index is -0.571. The van der Waals surface area contributed by atoms with Crippen molar-refractivity contribution < 1.29 is 14.3 Å². The highest BCUT2D eigenvalue weighted by Crippen LogP contribution is 2.44. The summed E-state index contributed by atoms with van der Waals surface area (Å²) in [5.41, 5.74) is 3.63. The molecule has 0 aliphatic carbocycles. The molecule has 1 saturated heterocycles. The highest BCUT2D eigenvalue weighted by Gasteiger charge is 2.57. The Labute approximate surface area is 158 Å². The van der Waals surface area contributed by atoms with Gasteiger partial charge in [0, 0.05) is 5.56 Å². The molecule has 134 valence electrons. The first-order valence-corrected chi connectivity index (χ1v) is 8.81. The van der Waals surface area contributed by atoms with Gasteiger partial charge in [-0.1, -0.05) is 72.8 Å². The third-order valence-electron chi connectivity index (χ3n) is 4.87. The number of amides is 1. The number of hydrogen-bond acceptors (Lipinski definition) is 3. The molecule has 1 fully saturated rings. The Morgan fingerprint density at radius 3 is 1.93 bits per heavy atom. The summed E-state index contributed by atoms with van der Waals surface area (Å²) in [6.07, 6.45) is 0. The summed E-state index contributed by atoms with van der Waals surface area (Å²) < 4.78 is 4.89. The second-order valence-electron chi connectivity index (χ2n) is 6.48. The quantitative estimate of drug-likeness (QED) is 0.522. The maximum atomic E-state index is 13.0. The van der Waals surface area contributed by atoms with E-state index in [1.165, 1.54) is 7.11 Å². The number of hydrogen-bond donors (Lipinski definition) is 0. The van der Waals surface area contributed by atoms with Crippen LogP contribution in [-0.4, -0.2) is 29.9 Å². The molecule has 2 atom stereocenters. The van der Waals surface area contributed by atoms with Crippen LogP contribution in [-0.2, 0) is 9.53 Å². The Morgan fingerprint density at radius 2 is 1.33 bits per heavy atom. The number of benzene rings is 3. The minimum absolute atomic E-state index is 0.168. The summed E-state index contributed by atoms with van der Waals surface area (Å²) in [5.74, 6) is -0.558. The Morgan fingerprint density at radius 1 is 0.778 bits per heavy atom. The zero-order valence-electron chi connectivity index (χ0n) is 14.9. The van der Waals surface area contributed by atoms with Crippen molar-refractivity contribution in [3.8, 4) is 11.1 Å². The summed E-state index contributed by atoms with van der Waals surface area (Å²) in [7, 11) is 1.35. The highest BCUT2D eigenvalue weighted by atomic mass is 16.5. The SMILES string of the molecule is COC(=O)[C@H]1[C@H](c2ccccc2)N1C(=O)c1ccc(-c2ccccc2)cc1. The molecule has 1 heterocycles. The van der Waals surface area contributed by atoms with Crippen molar-refractivity contribution >= 4 is 11.9 Å². The van der Waals surface area contributed by atoms with Crippen LogP contribution in [0.1, 0.15) is 22.0 Å². The largest absolute Gasteiger partial charge is 0.467 e. The maximum absolute atomic E-state index is 13.0. The van der Waals surface area contributed by atoms with Gasteiger partial charge in [-0.05, 0) is 28.8 Å². The molecule has 1 aliphatic heterocycles. The van der Waals surface area contributed by atoms with Gasteiger partial charge in [-0.15, -0.1) is 0 Å². The average Bonchev–Trinajstić information content (AvgIpc) is 3.50. The van der Waals surface area contributed by atoms with E-state index in [1.807, 2.05) is 72.8 Å². The summed E-state index contributed by atoms with van der Waals surface area (Å²) in [6, 6.07) is 26.2. The Hall–Kier alpha value is -3.40. The van der Waals surface area contributed by atoms with E-state index in [1.54, 1.807) is 17.0 Å².